The summed E-state index contributed by atoms with van der Waals surface area (Å²) in [5.74, 6) is 0.453. The highest BCUT2D eigenvalue weighted by atomic mass is 32.2. The molecule has 158 valence electrons. The average molecular weight is 450 g/mol. The second-order valence-corrected chi connectivity index (χ2v) is 9.48. The van der Waals surface area contributed by atoms with Gasteiger partial charge in [0.2, 0.25) is 5.91 Å². The number of amides is 1. The Balaban J connectivity index is 1.58. The second kappa shape index (κ2) is 9.08. The number of carbonyl (C=O) groups excluding carboxylic acids is 1. The van der Waals surface area contributed by atoms with Gasteiger partial charge in [0, 0.05) is 5.69 Å². The topological polar surface area (TPSA) is 64.0 Å². The number of aromatic nitrogens is 2. The number of nitrogens with one attached hydrogen (secondary N) is 1. The van der Waals surface area contributed by atoms with Crippen LogP contribution in [-0.4, -0.2) is 21.2 Å². The zero-order valence-corrected chi connectivity index (χ0v) is 19.2. The molecule has 7 heteroatoms. The summed E-state index contributed by atoms with van der Waals surface area (Å²) >= 11 is 2.64. The molecule has 5 nitrogen and oxygen atoms in total. The maximum absolute atomic E-state index is 13.2. The third-order valence-electron chi connectivity index (χ3n) is 4.90. The highest BCUT2D eigenvalue weighted by molar-refractivity contribution is 7.99. The number of fused-ring (bicyclic) bond motifs is 1. The number of hydrogen-bond donors (Lipinski definition) is 1. The molecule has 0 atom stereocenters. The summed E-state index contributed by atoms with van der Waals surface area (Å²) in [5.41, 5.74) is 4.33. The van der Waals surface area contributed by atoms with E-state index in [0.29, 0.717) is 21.3 Å². The van der Waals surface area contributed by atoms with Crippen molar-refractivity contribution < 1.29 is 4.79 Å². The van der Waals surface area contributed by atoms with E-state index in [-0.39, 0.29) is 17.2 Å². The number of benzene rings is 2. The first kappa shape index (κ1) is 21.3. The van der Waals surface area contributed by atoms with E-state index in [0.717, 1.165) is 16.9 Å². The molecule has 2 aromatic heterocycles. The van der Waals surface area contributed by atoms with Crippen LogP contribution in [0.2, 0.25) is 0 Å². The smallest absolute Gasteiger partial charge is 0.276 e. The van der Waals surface area contributed by atoms with Gasteiger partial charge in [-0.05, 0) is 59.7 Å². The first-order valence-electron chi connectivity index (χ1n) is 10.0. The molecule has 0 unspecified atom stereocenters. The Labute approximate surface area is 189 Å². The Morgan fingerprint density at radius 1 is 1.16 bits per heavy atom. The number of thioether (sulfide) groups is 1. The van der Waals surface area contributed by atoms with Gasteiger partial charge in [0.1, 0.15) is 4.70 Å². The predicted octanol–water partition coefficient (Wildman–Crippen LogP) is 5.61. The lowest BCUT2D eigenvalue weighted by molar-refractivity contribution is -0.113. The van der Waals surface area contributed by atoms with Crippen LogP contribution < -0.4 is 10.9 Å². The molecule has 0 radical (unpaired) electrons. The zero-order valence-electron chi connectivity index (χ0n) is 17.6. The maximum atomic E-state index is 13.2. The molecular formula is C24H23N3O2S2. The molecular weight excluding hydrogens is 426 g/mol. The lowest BCUT2D eigenvalue weighted by Crippen LogP contribution is -2.22. The van der Waals surface area contributed by atoms with Gasteiger partial charge >= 0.3 is 0 Å². The Morgan fingerprint density at radius 2 is 1.94 bits per heavy atom. The third-order valence-corrected chi connectivity index (χ3v) is 6.73. The SMILES string of the molecule is Cc1cccc(-n2c(SCC(=O)Nc3ccc(C(C)C)cc3)nc3ccsc3c2=O)c1. The fraction of sp³-hybridized carbons (Fsp3) is 0.208. The number of anilines is 1. The van der Waals surface area contributed by atoms with Gasteiger partial charge in [-0.25, -0.2) is 4.98 Å². The summed E-state index contributed by atoms with van der Waals surface area (Å²) in [4.78, 5) is 30.4. The lowest BCUT2D eigenvalue weighted by Gasteiger charge is -2.13. The van der Waals surface area contributed by atoms with E-state index >= 15 is 0 Å². The summed E-state index contributed by atoms with van der Waals surface area (Å²) in [6, 6.07) is 17.4. The van der Waals surface area contributed by atoms with Gasteiger partial charge < -0.3 is 5.32 Å². The van der Waals surface area contributed by atoms with Crippen molar-refractivity contribution in [3.8, 4) is 5.69 Å². The quantitative estimate of drug-likeness (QED) is 0.307. The monoisotopic (exact) mass is 449 g/mol. The van der Waals surface area contributed by atoms with Gasteiger partial charge in [0.15, 0.2) is 5.16 Å². The number of thiophene rings is 1. The normalized spacial score (nSPS) is 11.2. The van der Waals surface area contributed by atoms with E-state index in [1.807, 2.05) is 66.9 Å². The van der Waals surface area contributed by atoms with Crippen molar-refractivity contribution in [3.05, 3.63) is 81.5 Å². The summed E-state index contributed by atoms with van der Waals surface area (Å²) < 4.78 is 2.21. The molecule has 0 aliphatic rings. The second-order valence-electron chi connectivity index (χ2n) is 7.62. The molecule has 0 saturated heterocycles. The van der Waals surface area contributed by atoms with Crippen molar-refractivity contribution >= 4 is 44.9 Å². The van der Waals surface area contributed by atoms with E-state index in [2.05, 4.69) is 24.1 Å². The van der Waals surface area contributed by atoms with Crippen LogP contribution in [0.1, 0.15) is 30.9 Å². The van der Waals surface area contributed by atoms with Crippen LogP contribution in [0.4, 0.5) is 5.69 Å². The molecule has 0 spiro atoms. The highest BCUT2D eigenvalue weighted by Crippen LogP contribution is 2.24. The van der Waals surface area contributed by atoms with Crippen molar-refractivity contribution in [1.29, 1.82) is 0 Å². The van der Waals surface area contributed by atoms with Crippen LogP contribution in [0.5, 0.6) is 0 Å². The van der Waals surface area contributed by atoms with Crippen LogP contribution in [0.25, 0.3) is 15.9 Å². The minimum absolute atomic E-state index is 0.113. The molecule has 2 aromatic carbocycles. The molecule has 1 N–H and O–H groups in total. The molecule has 4 rings (SSSR count). The van der Waals surface area contributed by atoms with Gasteiger partial charge in [0.05, 0.1) is 17.0 Å². The van der Waals surface area contributed by atoms with Crippen LogP contribution in [-0.2, 0) is 4.79 Å². The molecule has 1 amide bonds. The molecule has 0 bridgehead atoms. The fourth-order valence-electron chi connectivity index (χ4n) is 3.26. The Kier molecular flexibility index (Phi) is 6.25. The molecule has 31 heavy (non-hydrogen) atoms. The van der Waals surface area contributed by atoms with E-state index in [9.17, 15) is 9.59 Å². The number of carbonyl (C=O) groups is 1. The zero-order chi connectivity index (χ0) is 22.0. The van der Waals surface area contributed by atoms with Crippen LogP contribution in [0.3, 0.4) is 0 Å². The number of hydrogen-bond acceptors (Lipinski definition) is 5. The molecule has 0 aliphatic heterocycles. The molecule has 4 aromatic rings. The average Bonchev–Trinajstić information content (AvgIpc) is 3.22. The number of rotatable bonds is 6. The van der Waals surface area contributed by atoms with Crippen LogP contribution >= 0.6 is 23.1 Å². The van der Waals surface area contributed by atoms with Crippen molar-refractivity contribution in [3.63, 3.8) is 0 Å². The molecule has 0 fully saturated rings. The van der Waals surface area contributed by atoms with Gasteiger partial charge in [-0.2, -0.15) is 0 Å². The Morgan fingerprint density at radius 3 is 2.65 bits per heavy atom. The summed E-state index contributed by atoms with van der Waals surface area (Å²) in [5, 5.41) is 5.29. The standard InChI is InChI=1S/C24H23N3O2S2/c1-15(2)17-7-9-18(10-8-17)25-21(28)14-31-24-26-20-11-12-30-22(20)23(29)27(24)19-6-4-5-16(3)13-19/h4-13,15H,14H2,1-3H3,(H,25,28). The predicted molar refractivity (Wildman–Crippen MR) is 130 cm³/mol. The third kappa shape index (κ3) is 4.73. The van der Waals surface area contributed by atoms with Gasteiger partial charge in [-0.15, -0.1) is 11.3 Å². The van der Waals surface area contributed by atoms with Crippen molar-refractivity contribution in [1.82, 2.24) is 9.55 Å². The molecule has 0 aliphatic carbocycles. The van der Waals surface area contributed by atoms with Crippen molar-refractivity contribution in [2.24, 2.45) is 0 Å². The first-order chi connectivity index (χ1) is 14.9. The maximum Gasteiger partial charge on any atom is 0.276 e. The molecule has 0 saturated carbocycles. The van der Waals surface area contributed by atoms with Gasteiger partial charge in [-0.1, -0.05) is 49.9 Å². The Hall–Kier alpha value is -2.90. The Bertz CT molecular complexity index is 1290. The van der Waals surface area contributed by atoms with Gasteiger partial charge in [0.25, 0.3) is 5.56 Å². The van der Waals surface area contributed by atoms with E-state index in [1.165, 1.54) is 28.7 Å². The first-order valence-corrected chi connectivity index (χ1v) is 11.9. The van der Waals surface area contributed by atoms with Crippen LogP contribution in [0, 0.1) is 6.92 Å². The number of aryl methyl sites for hydroxylation is 1. The van der Waals surface area contributed by atoms with E-state index in [1.54, 1.807) is 4.57 Å². The number of nitrogens with zero attached hydrogens (tertiary/aromatic N) is 2. The summed E-state index contributed by atoms with van der Waals surface area (Å²) in [6.45, 7) is 6.25. The van der Waals surface area contributed by atoms with Crippen LogP contribution in [0.15, 0.2) is 69.9 Å². The fourth-order valence-corrected chi connectivity index (χ4v) is 4.83. The minimum atomic E-state index is -0.141. The highest BCUT2D eigenvalue weighted by Gasteiger charge is 2.16. The molecule has 2 heterocycles. The minimum Gasteiger partial charge on any atom is -0.325 e. The largest absolute Gasteiger partial charge is 0.325 e. The van der Waals surface area contributed by atoms with E-state index < -0.39 is 0 Å². The van der Waals surface area contributed by atoms with E-state index in [4.69, 9.17) is 0 Å². The van der Waals surface area contributed by atoms with Gasteiger partial charge in [-0.3, -0.25) is 14.2 Å². The van der Waals surface area contributed by atoms with Crippen molar-refractivity contribution in [2.45, 2.75) is 31.8 Å². The lowest BCUT2D eigenvalue weighted by atomic mass is 10.0. The van der Waals surface area contributed by atoms with Crippen molar-refractivity contribution in [2.75, 3.05) is 11.1 Å². The summed E-state index contributed by atoms with van der Waals surface area (Å²) in [6.07, 6.45) is 0. The summed E-state index contributed by atoms with van der Waals surface area (Å²) in [7, 11) is 0.